The Morgan fingerprint density at radius 3 is 2.82 bits per heavy atom. The van der Waals surface area contributed by atoms with Crippen LogP contribution in [0.4, 0.5) is 0 Å². The summed E-state index contributed by atoms with van der Waals surface area (Å²) in [4.78, 5) is 13.2. The number of thiocarbonyl (C=S) groups is 1. The lowest BCUT2D eigenvalue weighted by Crippen LogP contribution is -2.18. The van der Waals surface area contributed by atoms with Crippen LogP contribution in [0.5, 0.6) is 0 Å². The zero-order valence-corrected chi connectivity index (χ0v) is 12.0. The molecule has 0 bridgehead atoms. The quantitative estimate of drug-likeness (QED) is 0.665. The molecule has 1 aromatic rings. The maximum atomic E-state index is 11.5. The normalized spacial score (nSPS) is 18.9. The monoisotopic (exact) mass is 301 g/mol. The Bertz CT molecular complexity index is 545. The van der Waals surface area contributed by atoms with Gasteiger partial charge in [0.15, 0.2) is 0 Å². The minimum atomic E-state index is -0.119. The number of thioether (sulfide) groups is 1. The lowest BCUT2D eigenvalue weighted by Gasteiger charge is -1.95. The lowest BCUT2D eigenvalue weighted by molar-refractivity contribution is -0.115. The van der Waals surface area contributed by atoms with Crippen LogP contribution in [0.3, 0.4) is 0 Å². The van der Waals surface area contributed by atoms with Crippen LogP contribution >= 0.6 is 46.9 Å². The van der Waals surface area contributed by atoms with Crippen molar-refractivity contribution >= 4 is 63.2 Å². The number of halogens is 1. The molecule has 1 aliphatic rings. The maximum Gasteiger partial charge on any atom is 0.263 e. The molecule has 1 aromatic heterocycles. The van der Waals surface area contributed by atoms with Crippen molar-refractivity contribution in [1.82, 2.24) is 5.32 Å². The third-order valence-corrected chi connectivity index (χ3v) is 4.61. The predicted octanol–water partition coefficient (Wildman–Crippen LogP) is 3.84. The SMILES string of the molecule is CC(C=Cc1ccc(Cl)s1)=C1SC(=S)NC1=O. The van der Waals surface area contributed by atoms with Crippen molar-refractivity contribution in [3.63, 3.8) is 0 Å². The zero-order valence-electron chi connectivity index (χ0n) is 8.82. The van der Waals surface area contributed by atoms with Gasteiger partial charge in [-0.05, 0) is 30.7 Å². The largest absolute Gasteiger partial charge is 0.307 e. The van der Waals surface area contributed by atoms with Crippen molar-refractivity contribution in [2.45, 2.75) is 6.92 Å². The van der Waals surface area contributed by atoms with Gasteiger partial charge in [-0.25, -0.2) is 0 Å². The van der Waals surface area contributed by atoms with Gasteiger partial charge in [-0.3, -0.25) is 4.79 Å². The summed E-state index contributed by atoms with van der Waals surface area (Å²) < 4.78 is 1.26. The van der Waals surface area contributed by atoms with E-state index < -0.39 is 0 Å². The fourth-order valence-electron chi connectivity index (χ4n) is 1.27. The first-order valence-corrected chi connectivity index (χ1v) is 7.15. The molecule has 2 rings (SSSR count). The molecule has 88 valence electrons. The summed E-state index contributed by atoms with van der Waals surface area (Å²) in [5.41, 5.74) is 0.900. The van der Waals surface area contributed by atoms with E-state index in [4.69, 9.17) is 23.8 Å². The Morgan fingerprint density at radius 2 is 2.29 bits per heavy atom. The van der Waals surface area contributed by atoms with Crippen LogP contribution < -0.4 is 5.32 Å². The molecule has 1 aliphatic heterocycles. The van der Waals surface area contributed by atoms with E-state index >= 15 is 0 Å². The van der Waals surface area contributed by atoms with Crippen molar-refractivity contribution in [2.24, 2.45) is 0 Å². The van der Waals surface area contributed by atoms with Gasteiger partial charge in [-0.2, -0.15) is 0 Å². The smallest absolute Gasteiger partial charge is 0.263 e. The molecular weight excluding hydrogens is 294 g/mol. The van der Waals surface area contributed by atoms with Gasteiger partial charge in [0.2, 0.25) is 0 Å². The van der Waals surface area contributed by atoms with E-state index in [-0.39, 0.29) is 5.91 Å². The van der Waals surface area contributed by atoms with Crippen LogP contribution in [0.1, 0.15) is 11.8 Å². The Balaban J connectivity index is 2.18. The van der Waals surface area contributed by atoms with E-state index in [1.807, 2.05) is 31.2 Å². The van der Waals surface area contributed by atoms with Gasteiger partial charge >= 0.3 is 0 Å². The average molecular weight is 302 g/mol. The molecule has 0 spiro atoms. The number of nitrogens with one attached hydrogen (secondary N) is 1. The number of rotatable bonds is 2. The van der Waals surface area contributed by atoms with Crippen molar-refractivity contribution in [3.05, 3.63) is 37.9 Å². The fourth-order valence-corrected chi connectivity index (χ4v) is 3.28. The van der Waals surface area contributed by atoms with Crippen LogP contribution in [0.25, 0.3) is 6.08 Å². The van der Waals surface area contributed by atoms with E-state index in [9.17, 15) is 4.79 Å². The van der Waals surface area contributed by atoms with Gasteiger partial charge < -0.3 is 5.32 Å². The van der Waals surface area contributed by atoms with Crippen molar-refractivity contribution < 1.29 is 4.79 Å². The standard InChI is InChI=1S/C11H8ClNOS3/c1-6(9-10(14)13-11(15)17-9)2-3-7-4-5-8(12)16-7/h2-5H,1H3,(H,13,14,15). The minimum absolute atomic E-state index is 0.119. The number of carbonyl (C=O) groups excluding carboxylic acids is 1. The summed E-state index contributed by atoms with van der Waals surface area (Å²) in [7, 11) is 0. The van der Waals surface area contributed by atoms with Crippen LogP contribution in [0.15, 0.2) is 28.7 Å². The zero-order chi connectivity index (χ0) is 12.4. The van der Waals surface area contributed by atoms with E-state index in [0.29, 0.717) is 9.23 Å². The Morgan fingerprint density at radius 1 is 1.53 bits per heavy atom. The molecule has 1 N–H and O–H groups in total. The Kier molecular flexibility index (Phi) is 4.04. The molecule has 2 heterocycles. The molecule has 6 heteroatoms. The van der Waals surface area contributed by atoms with Gasteiger partial charge in [0.1, 0.15) is 4.32 Å². The fraction of sp³-hybridized carbons (Fsp3) is 0.0909. The highest BCUT2D eigenvalue weighted by atomic mass is 35.5. The molecule has 0 radical (unpaired) electrons. The number of carbonyl (C=O) groups is 1. The summed E-state index contributed by atoms with van der Waals surface area (Å²) in [6.07, 6.45) is 3.84. The molecule has 0 atom stereocenters. The summed E-state index contributed by atoms with van der Waals surface area (Å²) in [6.45, 7) is 1.89. The van der Waals surface area contributed by atoms with Gasteiger partial charge in [0.05, 0.1) is 9.24 Å². The predicted molar refractivity (Wildman–Crippen MR) is 79.4 cm³/mol. The summed E-state index contributed by atoms with van der Waals surface area (Å²) in [5.74, 6) is -0.119. The lowest BCUT2D eigenvalue weighted by atomic mass is 10.2. The van der Waals surface area contributed by atoms with Crippen LogP contribution in [0, 0.1) is 0 Å². The van der Waals surface area contributed by atoms with Crippen LogP contribution in [0.2, 0.25) is 4.34 Å². The second kappa shape index (κ2) is 5.35. The van der Waals surface area contributed by atoms with Gasteiger partial charge in [0, 0.05) is 4.88 Å². The highest BCUT2D eigenvalue weighted by Gasteiger charge is 2.23. The maximum absolute atomic E-state index is 11.5. The number of hydrogen-bond donors (Lipinski definition) is 1. The minimum Gasteiger partial charge on any atom is -0.307 e. The molecule has 0 aliphatic carbocycles. The first-order chi connectivity index (χ1) is 8.06. The topological polar surface area (TPSA) is 29.1 Å². The Labute approximate surface area is 118 Å². The summed E-state index contributed by atoms with van der Waals surface area (Å²) in [5, 5.41) is 2.60. The van der Waals surface area contributed by atoms with Crippen molar-refractivity contribution in [3.8, 4) is 0 Å². The third kappa shape index (κ3) is 3.19. The van der Waals surface area contributed by atoms with E-state index in [0.717, 1.165) is 14.8 Å². The number of allylic oxidation sites excluding steroid dienone is 2. The van der Waals surface area contributed by atoms with Gasteiger partial charge in [0.25, 0.3) is 5.91 Å². The summed E-state index contributed by atoms with van der Waals surface area (Å²) in [6, 6.07) is 3.79. The van der Waals surface area contributed by atoms with Gasteiger partial charge in [-0.15, -0.1) is 11.3 Å². The van der Waals surface area contributed by atoms with Crippen molar-refractivity contribution in [1.29, 1.82) is 0 Å². The first-order valence-electron chi connectivity index (χ1n) is 4.74. The number of thiophene rings is 1. The molecule has 1 amide bonds. The molecule has 1 saturated heterocycles. The Hall–Kier alpha value is -0.620. The first kappa shape index (κ1) is 12.8. The number of amides is 1. The average Bonchev–Trinajstić information content (AvgIpc) is 2.81. The summed E-state index contributed by atoms with van der Waals surface area (Å²) >= 11 is 13.6. The molecule has 0 unspecified atom stereocenters. The highest BCUT2D eigenvalue weighted by molar-refractivity contribution is 8.26. The van der Waals surface area contributed by atoms with Crippen LogP contribution in [-0.4, -0.2) is 10.2 Å². The highest BCUT2D eigenvalue weighted by Crippen LogP contribution is 2.28. The molecule has 0 saturated carbocycles. The second-order valence-corrected chi connectivity index (χ2v) is 6.76. The molecule has 2 nitrogen and oxygen atoms in total. The second-order valence-electron chi connectivity index (χ2n) is 3.33. The molecular formula is C11H8ClNOS3. The van der Waals surface area contributed by atoms with Crippen LogP contribution in [-0.2, 0) is 4.79 Å². The van der Waals surface area contributed by atoms with Gasteiger partial charge in [-0.1, -0.05) is 41.7 Å². The van der Waals surface area contributed by atoms with E-state index in [1.165, 1.54) is 23.1 Å². The van der Waals surface area contributed by atoms with E-state index in [2.05, 4.69) is 5.32 Å². The number of hydrogen-bond acceptors (Lipinski definition) is 4. The third-order valence-electron chi connectivity index (χ3n) is 2.07. The van der Waals surface area contributed by atoms with E-state index in [1.54, 1.807) is 0 Å². The molecule has 17 heavy (non-hydrogen) atoms. The molecule has 1 fully saturated rings. The van der Waals surface area contributed by atoms with Crippen molar-refractivity contribution in [2.75, 3.05) is 0 Å². The molecule has 0 aromatic carbocycles.